The normalized spacial score (nSPS) is 17.8. The van der Waals surface area contributed by atoms with Crippen molar-refractivity contribution in [1.29, 1.82) is 0 Å². The summed E-state index contributed by atoms with van der Waals surface area (Å²) < 4.78 is 0. The van der Waals surface area contributed by atoms with Crippen LogP contribution in [-0.2, 0) is 0 Å². The fourth-order valence-electron chi connectivity index (χ4n) is 1.17. The number of aliphatic hydroxyl groups is 1. The maximum Gasteiger partial charge on any atom is 0.271 e. The molecule has 1 amide bonds. The third-order valence-electron chi connectivity index (χ3n) is 2.29. The van der Waals surface area contributed by atoms with E-state index in [1.54, 1.807) is 5.38 Å². The number of nitrogens with zero attached hydrogens (tertiary/aromatic N) is 1. The standard InChI is InChI=1S/C8H11N3O2S/c9-7-10-5(3-14-7)6(13)11-8(4-12)1-2-8/h3,12H,1-2,4H2,(H2,9,10)(H,11,13). The Balaban J connectivity index is 2.03. The summed E-state index contributed by atoms with van der Waals surface area (Å²) in [5.41, 5.74) is 5.34. The highest BCUT2D eigenvalue weighted by atomic mass is 32.1. The van der Waals surface area contributed by atoms with Gasteiger partial charge >= 0.3 is 0 Å². The number of nitrogens with two attached hydrogens (primary N) is 1. The molecule has 0 atom stereocenters. The maximum absolute atomic E-state index is 11.5. The lowest BCUT2D eigenvalue weighted by Crippen LogP contribution is -2.39. The van der Waals surface area contributed by atoms with Crippen LogP contribution >= 0.6 is 11.3 Å². The van der Waals surface area contributed by atoms with Crippen LogP contribution in [0, 0.1) is 0 Å². The number of rotatable bonds is 3. The van der Waals surface area contributed by atoms with Crippen LogP contribution in [0.3, 0.4) is 0 Å². The van der Waals surface area contributed by atoms with E-state index in [2.05, 4.69) is 10.3 Å². The van der Waals surface area contributed by atoms with Gasteiger partial charge in [0.1, 0.15) is 5.69 Å². The third-order valence-corrected chi connectivity index (χ3v) is 2.96. The van der Waals surface area contributed by atoms with Crippen molar-refractivity contribution in [3.63, 3.8) is 0 Å². The minimum Gasteiger partial charge on any atom is -0.394 e. The minimum absolute atomic E-state index is 0.0155. The van der Waals surface area contributed by atoms with Gasteiger partial charge in [-0.1, -0.05) is 0 Å². The van der Waals surface area contributed by atoms with Gasteiger partial charge in [0.05, 0.1) is 12.1 Å². The number of carbonyl (C=O) groups excluding carboxylic acids is 1. The van der Waals surface area contributed by atoms with Crippen LogP contribution in [-0.4, -0.2) is 28.1 Å². The molecule has 2 rings (SSSR count). The number of anilines is 1. The molecule has 1 fully saturated rings. The fourth-order valence-corrected chi connectivity index (χ4v) is 1.71. The second-order valence-electron chi connectivity index (χ2n) is 3.46. The number of nitrogen functional groups attached to an aromatic ring is 1. The average Bonchev–Trinajstić information content (AvgIpc) is 2.80. The summed E-state index contributed by atoms with van der Waals surface area (Å²) in [6, 6.07) is 0. The van der Waals surface area contributed by atoms with Gasteiger partial charge in [-0.25, -0.2) is 4.98 Å². The monoisotopic (exact) mass is 213 g/mol. The van der Waals surface area contributed by atoms with Gasteiger partial charge in [0.15, 0.2) is 5.13 Å². The molecule has 4 N–H and O–H groups in total. The first kappa shape index (κ1) is 9.42. The summed E-state index contributed by atoms with van der Waals surface area (Å²) in [5.74, 6) is -0.260. The Bertz CT molecular complexity index is 359. The summed E-state index contributed by atoms with van der Waals surface area (Å²) in [7, 11) is 0. The third kappa shape index (κ3) is 1.71. The summed E-state index contributed by atoms with van der Waals surface area (Å²) in [6.07, 6.45) is 1.66. The number of carbonyl (C=O) groups is 1. The predicted molar refractivity (Wildman–Crippen MR) is 53.0 cm³/mol. The van der Waals surface area contributed by atoms with Crippen molar-refractivity contribution in [2.75, 3.05) is 12.3 Å². The molecule has 0 bridgehead atoms. The molecule has 76 valence electrons. The number of aromatic nitrogens is 1. The minimum atomic E-state index is -0.393. The van der Waals surface area contributed by atoms with Gasteiger partial charge in [-0.3, -0.25) is 4.79 Å². The Morgan fingerprint density at radius 3 is 2.93 bits per heavy atom. The quantitative estimate of drug-likeness (QED) is 0.658. The number of nitrogens with one attached hydrogen (secondary N) is 1. The molecule has 0 saturated heterocycles. The van der Waals surface area contributed by atoms with E-state index in [9.17, 15) is 4.79 Å². The second kappa shape index (κ2) is 3.21. The molecule has 5 nitrogen and oxygen atoms in total. The Morgan fingerprint density at radius 1 is 1.79 bits per heavy atom. The number of thiazole rings is 1. The molecule has 1 aliphatic rings. The van der Waals surface area contributed by atoms with Crippen molar-refractivity contribution in [2.45, 2.75) is 18.4 Å². The molecule has 0 unspecified atom stereocenters. The van der Waals surface area contributed by atoms with Gasteiger partial charge in [0.2, 0.25) is 0 Å². The summed E-state index contributed by atoms with van der Waals surface area (Å²) in [4.78, 5) is 15.4. The van der Waals surface area contributed by atoms with Crippen molar-refractivity contribution >= 4 is 22.4 Å². The fraction of sp³-hybridized carbons (Fsp3) is 0.500. The van der Waals surface area contributed by atoms with Crippen molar-refractivity contribution in [3.8, 4) is 0 Å². The zero-order valence-electron chi connectivity index (χ0n) is 7.49. The first-order chi connectivity index (χ1) is 6.65. The van der Waals surface area contributed by atoms with Gasteiger partial charge in [-0.05, 0) is 12.8 Å². The number of hydrogen-bond donors (Lipinski definition) is 3. The van der Waals surface area contributed by atoms with Gasteiger partial charge in [0, 0.05) is 5.38 Å². The molecule has 1 aliphatic carbocycles. The topological polar surface area (TPSA) is 88.2 Å². The van der Waals surface area contributed by atoms with Crippen LogP contribution in [0.4, 0.5) is 5.13 Å². The molecule has 0 aromatic carbocycles. The van der Waals surface area contributed by atoms with Crippen LogP contribution in [0.25, 0.3) is 0 Å². The zero-order chi connectivity index (χ0) is 10.2. The molecule has 1 saturated carbocycles. The molecule has 6 heteroatoms. The lowest BCUT2D eigenvalue weighted by Gasteiger charge is -2.12. The van der Waals surface area contributed by atoms with E-state index < -0.39 is 5.54 Å². The van der Waals surface area contributed by atoms with Crippen LogP contribution in [0.5, 0.6) is 0 Å². The van der Waals surface area contributed by atoms with E-state index in [0.717, 1.165) is 12.8 Å². The second-order valence-corrected chi connectivity index (χ2v) is 4.35. The van der Waals surface area contributed by atoms with Crippen LogP contribution in [0.2, 0.25) is 0 Å². The van der Waals surface area contributed by atoms with E-state index >= 15 is 0 Å². The lowest BCUT2D eigenvalue weighted by atomic mass is 10.3. The van der Waals surface area contributed by atoms with Gasteiger partial charge in [0.25, 0.3) is 5.91 Å². The molecular formula is C8H11N3O2S. The summed E-state index contributed by atoms with van der Waals surface area (Å²) >= 11 is 1.23. The molecule has 1 aromatic heterocycles. The Hall–Kier alpha value is -1.14. The number of aliphatic hydroxyl groups excluding tert-OH is 1. The van der Waals surface area contributed by atoms with E-state index in [0.29, 0.717) is 10.8 Å². The SMILES string of the molecule is Nc1nc(C(=O)NC2(CO)CC2)cs1. The smallest absolute Gasteiger partial charge is 0.271 e. The van der Waals surface area contributed by atoms with Gasteiger partial charge in [-0.15, -0.1) is 11.3 Å². The maximum atomic E-state index is 11.5. The highest BCUT2D eigenvalue weighted by Gasteiger charge is 2.43. The lowest BCUT2D eigenvalue weighted by molar-refractivity contribution is 0.0902. The molecule has 0 aliphatic heterocycles. The molecule has 14 heavy (non-hydrogen) atoms. The average molecular weight is 213 g/mol. The van der Waals surface area contributed by atoms with E-state index in [-0.39, 0.29) is 12.5 Å². The van der Waals surface area contributed by atoms with E-state index in [1.165, 1.54) is 11.3 Å². The largest absolute Gasteiger partial charge is 0.394 e. The van der Waals surface area contributed by atoms with Crippen molar-refractivity contribution in [2.24, 2.45) is 0 Å². The highest BCUT2D eigenvalue weighted by Crippen LogP contribution is 2.34. The first-order valence-electron chi connectivity index (χ1n) is 4.30. The first-order valence-corrected chi connectivity index (χ1v) is 5.18. The van der Waals surface area contributed by atoms with Crippen molar-refractivity contribution in [3.05, 3.63) is 11.1 Å². The van der Waals surface area contributed by atoms with Gasteiger partial charge < -0.3 is 16.2 Å². The predicted octanol–water partition coefficient (Wildman–Crippen LogP) is -0.0200. The molecule has 1 heterocycles. The molecular weight excluding hydrogens is 202 g/mol. The molecule has 0 spiro atoms. The highest BCUT2D eigenvalue weighted by molar-refractivity contribution is 7.13. The zero-order valence-corrected chi connectivity index (χ0v) is 8.30. The Labute approximate surface area is 85.0 Å². The van der Waals surface area contributed by atoms with Crippen LogP contribution < -0.4 is 11.1 Å². The Morgan fingerprint density at radius 2 is 2.50 bits per heavy atom. The summed E-state index contributed by atoms with van der Waals surface area (Å²) in [6.45, 7) is -0.0155. The van der Waals surface area contributed by atoms with Crippen LogP contribution in [0.1, 0.15) is 23.3 Å². The number of amides is 1. The number of hydrogen-bond acceptors (Lipinski definition) is 5. The molecule has 1 aromatic rings. The van der Waals surface area contributed by atoms with Gasteiger partial charge in [-0.2, -0.15) is 0 Å². The molecule has 0 radical (unpaired) electrons. The van der Waals surface area contributed by atoms with Crippen molar-refractivity contribution < 1.29 is 9.90 Å². The Kier molecular flexibility index (Phi) is 2.16. The van der Waals surface area contributed by atoms with Crippen LogP contribution in [0.15, 0.2) is 5.38 Å². The van der Waals surface area contributed by atoms with E-state index in [4.69, 9.17) is 10.8 Å². The van der Waals surface area contributed by atoms with Crippen molar-refractivity contribution in [1.82, 2.24) is 10.3 Å². The van der Waals surface area contributed by atoms with E-state index in [1.807, 2.05) is 0 Å². The summed E-state index contributed by atoms with van der Waals surface area (Å²) in [5, 5.41) is 13.7.